The number of nitrogens with zero attached hydrogens (tertiary/aromatic N) is 2. The van der Waals surface area contributed by atoms with E-state index in [1.165, 1.54) is 12.1 Å². The van der Waals surface area contributed by atoms with Crippen LogP contribution < -0.4 is 15.2 Å². The molecule has 0 aliphatic heterocycles. The summed E-state index contributed by atoms with van der Waals surface area (Å²) < 4.78 is 26.6. The maximum Gasteiger partial charge on any atom is 0.167 e. The molecule has 0 atom stereocenters. The molecule has 1 heterocycles. The zero-order valence-electron chi connectivity index (χ0n) is 12.5. The van der Waals surface area contributed by atoms with Gasteiger partial charge in [0.2, 0.25) is 0 Å². The second kappa shape index (κ2) is 6.47. The van der Waals surface area contributed by atoms with Gasteiger partial charge < -0.3 is 15.2 Å². The van der Waals surface area contributed by atoms with Crippen molar-refractivity contribution in [3.8, 4) is 17.2 Å². The lowest BCUT2D eigenvalue weighted by atomic mass is 10.2. The standard InChI is InChI=1S/C15H20FN3O2/c1-4-5-19-9-11(8-18-19)21-15-7-14(20-10(2)3)12(16)6-13(15)17/h6-10H,4-5,17H2,1-3H3. The third kappa shape index (κ3) is 3.87. The number of nitrogens with two attached hydrogens (primary N) is 1. The number of benzene rings is 1. The van der Waals surface area contributed by atoms with Crippen LogP contribution in [0.2, 0.25) is 0 Å². The van der Waals surface area contributed by atoms with Crippen molar-refractivity contribution < 1.29 is 13.9 Å². The van der Waals surface area contributed by atoms with Gasteiger partial charge in [-0.2, -0.15) is 5.10 Å². The Labute approximate surface area is 123 Å². The van der Waals surface area contributed by atoms with Crippen LogP contribution >= 0.6 is 0 Å². The van der Waals surface area contributed by atoms with Crippen molar-refractivity contribution in [2.75, 3.05) is 5.73 Å². The van der Waals surface area contributed by atoms with Crippen molar-refractivity contribution in [1.82, 2.24) is 9.78 Å². The second-order valence-electron chi connectivity index (χ2n) is 5.03. The lowest BCUT2D eigenvalue weighted by molar-refractivity contribution is 0.230. The van der Waals surface area contributed by atoms with Crippen molar-refractivity contribution in [2.45, 2.75) is 39.8 Å². The fourth-order valence-corrected chi connectivity index (χ4v) is 1.86. The largest absolute Gasteiger partial charge is 0.488 e. The highest BCUT2D eigenvalue weighted by molar-refractivity contribution is 5.57. The van der Waals surface area contributed by atoms with E-state index < -0.39 is 5.82 Å². The molecular formula is C15H20FN3O2. The molecule has 0 spiro atoms. The molecule has 0 saturated carbocycles. The molecule has 2 N–H and O–H groups in total. The van der Waals surface area contributed by atoms with Gasteiger partial charge in [-0.1, -0.05) is 6.92 Å². The van der Waals surface area contributed by atoms with Crippen LogP contribution in [0.15, 0.2) is 24.5 Å². The molecule has 0 fully saturated rings. The summed E-state index contributed by atoms with van der Waals surface area (Å²) in [6, 6.07) is 2.66. The van der Waals surface area contributed by atoms with Crippen molar-refractivity contribution in [3.05, 3.63) is 30.3 Å². The molecule has 2 aromatic rings. The summed E-state index contributed by atoms with van der Waals surface area (Å²) in [4.78, 5) is 0. The van der Waals surface area contributed by atoms with Crippen LogP contribution in [0.25, 0.3) is 0 Å². The van der Waals surface area contributed by atoms with Gasteiger partial charge in [-0.15, -0.1) is 0 Å². The Hall–Kier alpha value is -2.24. The average molecular weight is 293 g/mol. The molecule has 6 heteroatoms. The number of hydrogen-bond donors (Lipinski definition) is 1. The molecular weight excluding hydrogens is 273 g/mol. The zero-order valence-corrected chi connectivity index (χ0v) is 12.5. The van der Waals surface area contributed by atoms with E-state index in [-0.39, 0.29) is 17.5 Å². The molecule has 0 unspecified atom stereocenters. The summed E-state index contributed by atoms with van der Waals surface area (Å²) in [6.45, 7) is 6.52. The van der Waals surface area contributed by atoms with Crippen molar-refractivity contribution >= 4 is 5.69 Å². The molecule has 0 bridgehead atoms. The lowest BCUT2D eigenvalue weighted by Crippen LogP contribution is -2.07. The van der Waals surface area contributed by atoms with Gasteiger partial charge in [-0.3, -0.25) is 4.68 Å². The lowest BCUT2D eigenvalue weighted by Gasteiger charge is -2.13. The summed E-state index contributed by atoms with van der Waals surface area (Å²) >= 11 is 0. The molecule has 1 aromatic heterocycles. The molecule has 0 radical (unpaired) electrons. The van der Waals surface area contributed by atoms with Gasteiger partial charge in [-0.25, -0.2) is 4.39 Å². The van der Waals surface area contributed by atoms with Crippen molar-refractivity contribution in [3.63, 3.8) is 0 Å². The Morgan fingerprint density at radius 1 is 1.33 bits per heavy atom. The smallest absolute Gasteiger partial charge is 0.167 e. The first kappa shape index (κ1) is 15.2. The maximum atomic E-state index is 13.8. The molecule has 114 valence electrons. The van der Waals surface area contributed by atoms with E-state index >= 15 is 0 Å². The average Bonchev–Trinajstić information content (AvgIpc) is 2.82. The highest BCUT2D eigenvalue weighted by Gasteiger charge is 2.13. The highest BCUT2D eigenvalue weighted by Crippen LogP contribution is 2.33. The molecule has 0 saturated heterocycles. The van der Waals surface area contributed by atoms with E-state index in [9.17, 15) is 4.39 Å². The molecule has 0 amide bonds. The van der Waals surface area contributed by atoms with Gasteiger partial charge in [0.15, 0.2) is 23.1 Å². The first-order valence-corrected chi connectivity index (χ1v) is 6.95. The predicted molar refractivity (Wildman–Crippen MR) is 79.2 cm³/mol. The number of nitrogen functional groups attached to an aromatic ring is 1. The van der Waals surface area contributed by atoms with Crippen LogP contribution in [-0.4, -0.2) is 15.9 Å². The van der Waals surface area contributed by atoms with Gasteiger partial charge in [0, 0.05) is 18.7 Å². The zero-order chi connectivity index (χ0) is 15.4. The van der Waals surface area contributed by atoms with Crippen LogP contribution in [0.1, 0.15) is 27.2 Å². The summed E-state index contributed by atoms with van der Waals surface area (Å²) in [7, 11) is 0. The Bertz CT molecular complexity index is 611. The quantitative estimate of drug-likeness (QED) is 0.827. The van der Waals surface area contributed by atoms with Crippen LogP contribution in [0, 0.1) is 5.82 Å². The Morgan fingerprint density at radius 3 is 2.76 bits per heavy atom. The van der Waals surface area contributed by atoms with Crippen molar-refractivity contribution in [1.29, 1.82) is 0 Å². The first-order valence-electron chi connectivity index (χ1n) is 6.95. The van der Waals surface area contributed by atoms with Gasteiger partial charge in [0.05, 0.1) is 24.2 Å². The second-order valence-corrected chi connectivity index (χ2v) is 5.03. The topological polar surface area (TPSA) is 62.3 Å². The monoisotopic (exact) mass is 293 g/mol. The van der Waals surface area contributed by atoms with Gasteiger partial charge >= 0.3 is 0 Å². The van der Waals surface area contributed by atoms with Crippen LogP contribution in [0.4, 0.5) is 10.1 Å². The minimum atomic E-state index is -0.504. The number of aryl methyl sites for hydroxylation is 1. The molecule has 2 rings (SSSR count). The van der Waals surface area contributed by atoms with E-state index in [1.54, 1.807) is 17.1 Å². The van der Waals surface area contributed by atoms with Gasteiger partial charge in [0.25, 0.3) is 0 Å². The fourth-order valence-electron chi connectivity index (χ4n) is 1.86. The van der Waals surface area contributed by atoms with E-state index in [2.05, 4.69) is 12.0 Å². The number of ether oxygens (including phenoxy) is 2. The Kier molecular flexibility index (Phi) is 4.67. The minimum absolute atomic E-state index is 0.121. The number of halogens is 1. The predicted octanol–water partition coefficient (Wildman–Crippen LogP) is 3.59. The Balaban J connectivity index is 2.21. The fraction of sp³-hybridized carbons (Fsp3) is 0.400. The van der Waals surface area contributed by atoms with Crippen LogP contribution in [0.5, 0.6) is 17.2 Å². The third-order valence-corrected chi connectivity index (χ3v) is 2.72. The summed E-state index contributed by atoms with van der Waals surface area (Å²) in [6.07, 6.45) is 4.21. The minimum Gasteiger partial charge on any atom is -0.488 e. The maximum absolute atomic E-state index is 13.8. The van der Waals surface area contributed by atoms with E-state index in [0.29, 0.717) is 11.5 Å². The van der Waals surface area contributed by atoms with Gasteiger partial charge in [0.1, 0.15) is 0 Å². The SMILES string of the molecule is CCCn1cc(Oc2cc(OC(C)C)c(F)cc2N)cn1. The van der Waals surface area contributed by atoms with Gasteiger partial charge in [-0.05, 0) is 20.3 Å². The van der Waals surface area contributed by atoms with Crippen LogP contribution in [0.3, 0.4) is 0 Å². The first-order chi connectivity index (χ1) is 9.99. The van der Waals surface area contributed by atoms with E-state index in [1.807, 2.05) is 13.8 Å². The molecule has 21 heavy (non-hydrogen) atoms. The van der Waals surface area contributed by atoms with Crippen LogP contribution in [-0.2, 0) is 6.54 Å². The summed E-state index contributed by atoms with van der Waals surface area (Å²) in [5.74, 6) is 0.519. The Morgan fingerprint density at radius 2 is 2.10 bits per heavy atom. The van der Waals surface area contributed by atoms with Crippen molar-refractivity contribution in [2.24, 2.45) is 0 Å². The van der Waals surface area contributed by atoms with E-state index in [4.69, 9.17) is 15.2 Å². The van der Waals surface area contributed by atoms with E-state index in [0.717, 1.165) is 13.0 Å². The molecule has 1 aromatic carbocycles. The highest BCUT2D eigenvalue weighted by atomic mass is 19.1. The number of aromatic nitrogens is 2. The number of rotatable bonds is 6. The number of hydrogen-bond acceptors (Lipinski definition) is 4. The normalized spacial score (nSPS) is 10.9. The third-order valence-electron chi connectivity index (χ3n) is 2.72. The molecule has 5 nitrogen and oxygen atoms in total. The summed E-state index contributed by atoms with van der Waals surface area (Å²) in [5, 5.41) is 4.17. The molecule has 0 aliphatic carbocycles. The summed E-state index contributed by atoms with van der Waals surface area (Å²) in [5.41, 5.74) is 6.00. The molecule has 0 aliphatic rings. The number of anilines is 1.